The number of aryl methyl sites for hydroxylation is 1. The van der Waals surface area contributed by atoms with Crippen LogP contribution >= 0.6 is 33.4 Å². The van der Waals surface area contributed by atoms with Gasteiger partial charge in [0.2, 0.25) is 0 Å². The molecule has 1 aromatic carbocycles. The second-order valence-electron chi connectivity index (χ2n) is 2.45. The van der Waals surface area contributed by atoms with Gasteiger partial charge in [-0.05, 0) is 45.8 Å². The number of hydrogen-bond donors (Lipinski definition) is 0. The molecule has 0 N–H and O–H groups in total. The fraction of sp³-hybridized carbons (Fsp3) is 0.250. The van der Waals surface area contributed by atoms with Crippen molar-refractivity contribution in [3.05, 3.63) is 23.8 Å². The highest BCUT2D eigenvalue weighted by molar-refractivity contribution is 8.21. The van der Waals surface area contributed by atoms with Crippen molar-refractivity contribution in [2.24, 2.45) is 0 Å². The highest BCUT2D eigenvalue weighted by Gasteiger charge is 2.10. The molecule has 0 bridgehead atoms. The molecule has 0 amide bonds. The molecule has 1 aromatic rings. The van der Waals surface area contributed by atoms with Crippen LogP contribution in [0, 0.1) is 0 Å². The number of fused-ring (bicyclic) bond motifs is 1. The smallest absolute Gasteiger partial charge is 0.0244 e. The normalized spacial score (nSPS) is 15.0. The Balaban J connectivity index is 2.41. The monoisotopic (exact) mass is 202 g/mol. The first kappa shape index (κ1) is 7.84. The van der Waals surface area contributed by atoms with E-state index in [-0.39, 0.29) is 0 Å². The molecule has 11 heavy (non-hydrogen) atoms. The van der Waals surface area contributed by atoms with E-state index in [1.165, 1.54) is 33.6 Å². The fourth-order valence-corrected chi connectivity index (χ4v) is 2.95. The van der Waals surface area contributed by atoms with Crippen molar-refractivity contribution in [1.82, 2.24) is 0 Å². The Kier molecular flexibility index (Phi) is 2.35. The minimum Gasteiger partial charge on any atom is -0.125 e. The summed E-state index contributed by atoms with van der Waals surface area (Å²) in [5.41, 5.74) is 1.48. The number of hydrogen-bond acceptors (Lipinski definition) is 2. The number of benzene rings is 1. The average molecular weight is 203 g/mol. The topological polar surface area (TPSA) is 0 Å². The third kappa shape index (κ3) is 1.53. The van der Waals surface area contributed by atoms with Gasteiger partial charge in [-0.3, -0.25) is 0 Å². The Bertz CT molecular complexity index is 273. The minimum atomic E-state index is 1.15. The summed E-state index contributed by atoms with van der Waals surface area (Å²) in [7, 11) is 6.93. The van der Waals surface area contributed by atoms with E-state index in [0.717, 1.165) is 4.90 Å². The molecule has 0 nitrogen and oxygen atoms in total. The van der Waals surface area contributed by atoms with E-state index in [0.29, 0.717) is 0 Å². The van der Waals surface area contributed by atoms with Gasteiger partial charge in [-0.1, -0.05) is 6.07 Å². The van der Waals surface area contributed by atoms with Crippen molar-refractivity contribution in [2.75, 3.05) is 5.75 Å². The van der Waals surface area contributed by atoms with Crippen LogP contribution in [0.15, 0.2) is 28.0 Å². The van der Waals surface area contributed by atoms with E-state index in [2.05, 4.69) is 18.2 Å². The fourth-order valence-electron chi connectivity index (χ4n) is 1.19. The van der Waals surface area contributed by atoms with Crippen molar-refractivity contribution in [2.45, 2.75) is 16.2 Å². The van der Waals surface area contributed by atoms with Crippen molar-refractivity contribution in [3.63, 3.8) is 0 Å². The molecule has 1 aliphatic rings. The van der Waals surface area contributed by atoms with Crippen LogP contribution in [-0.2, 0) is 6.42 Å². The summed E-state index contributed by atoms with van der Waals surface area (Å²) in [6, 6.07) is 6.44. The molecule has 0 fully saturated rings. The van der Waals surface area contributed by atoms with Gasteiger partial charge in [0, 0.05) is 15.5 Å². The van der Waals surface area contributed by atoms with Gasteiger partial charge in [0.25, 0.3) is 0 Å². The molecule has 1 aliphatic heterocycles. The maximum Gasteiger partial charge on any atom is 0.0244 e. The second kappa shape index (κ2) is 3.30. The molecule has 0 saturated heterocycles. The highest BCUT2D eigenvalue weighted by atomic mass is 35.7. The lowest BCUT2D eigenvalue weighted by molar-refractivity contribution is 1.13. The molecule has 58 valence electrons. The van der Waals surface area contributed by atoms with Gasteiger partial charge >= 0.3 is 0 Å². The first-order valence-corrected chi connectivity index (χ1v) is 6.07. The summed E-state index contributed by atoms with van der Waals surface area (Å²) in [6.45, 7) is 0. The standard InChI is InChI=1S/C8H7ClS2/c9-11-7-2-1-6-3-4-10-8(6)5-7/h1-2,5H,3-4H2. The molecule has 0 radical (unpaired) electrons. The lowest BCUT2D eigenvalue weighted by Crippen LogP contribution is -1.78. The van der Waals surface area contributed by atoms with Gasteiger partial charge < -0.3 is 0 Å². The predicted molar refractivity (Wildman–Crippen MR) is 52.6 cm³/mol. The van der Waals surface area contributed by atoms with Crippen LogP contribution in [0.25, 0.3) is 0 Å². The van der Waals surface area contributed by atoms with E-state index in [4.69, 9.17) is 10.7 Å². The molecule has 3 heteroatoms. The van der Waals surface area contributed by atoms with Gasteiger partial charge in [-0.2, -0.15) is 0 Å². The van der Waals surface area contributed by atoms with Crippen LogP contribution in [0.5, 0.6) is 0 Å². The molecule has 0 saturated carbocycles. The number of thioether (sulfide) groups is 1. The minimum absolute atomic E-state index is 1.15. The van der Waals surface area contributed by atoms with Gasteiger partial charge in [-0.15, -0.1) is 11.8 Å². The summed E-state index contributed by atoms with van der Waals surface area (Å²) in [4.78, 5) is 2.57. The van der Waals surface area contributed by atoms with Gasteiger partial charge in [-0.25, -0.2) is 0 Å². The molecular weight excluding hydrogens is 196 g/mol. The number of halogens is 1. The Hall–Kier alpha value is 0.210. The van der Waals surface area contributed by atoms with Crippen molar-refractivity contribution in [1.29, 1.82) is 0 Å². The van der Waals surface area contributed by atoms with E-state index in [9.17, 15) is 0 Å². The molecule has 0 unspecified atom stereocenters. The van der Waals surface area contributed by atoms with Crippen LogP contribution in [0.1, 0.15) is 5.56 Å². The van der Waals surface area contributed by atoms with Crippen molar-refractivity contribution in [3.8, 4) is 0 Å². The van der Waals surface area contributed by atoms with Crippen LogP contribution in [0.4, 0.5) is 0 Å². The average Bonchev–Trinajstić information content (AvgIpc) is 2.50. The van der Waals surface area contributed by atoms with Crippen LogP contribution < -0.4 is 0 Å². The molecule has 0 aliphatic carbocycles. The second-order valence-corrected chi connectivity index (χ2v) is 4.67. The van der Waals surface area contributed by atoms with Gasteiger partial charge in [0.15, 0.2) is 0 Å². The largest absolute Gasteiger partial charge is 0.125 e. The van der Waals surface area contributed by atoms with Gasteiger partial charge in [0.1, 0.15) is 0 Å². The van der Waals surface area contributed by atoms with E-state index >= 15 is 0 Å². The number of rotatable bonds is 1. The summed E-state index contributed by atoms with van der Waals surface area (Å²) >= 11 is 1.93. The highest BCUT2D eigenvalue weighted by Crippen LogP contribution is 2.35. The van der Waals surface area contributed by atoms with E-state index in [1.54, 1.807) is 0 Å². The van der Waals surface area contributed by atoms with Crippen molar-refractivity contribution < 1.29 is 0 Å². The Labute approximate surface area is 79.2 Å². The quantitative estimate of drug-likeness (QED) is 0.683. The molecule has 0 spiro atoms. The molecule has 2 rings (SSSR count). The predicted octanol–water partition coefficient (Wildman–Crippen LogP) is 3.58. The maximum atomic E-state index is 5.64. The molecular formula is C8H7ClS2. The SMILES string of the molecule is ClSc1ccc2c(c1)SCC2. The Morgan fingerprint density at radius 2 is 2.36 bits per heavy atom. The first-order chi connectivity index (χ1) is 5.40. The van der Waals surface area contributed by atoms with Gasteiger partial charge in [0.05, 0.1) is 0 Å². The first-order valence-electron chi connectivity index (χ1n) is 3.44. The summed E-state index contributed by atoms with van der Waals surface area (Å²) in [6.07, 6.45) is 1.22. The Morgan fingerprint density at radius 3 is 3.18 bits per heavy atom. The van der Waals surface area contributed by atoms with Crippen LogP contribution in [-0.4, -0.2) is 5.75 Å². The zero-order valence-corrected chi connectivity index (χ0v) is 8.23. The molecule has 0 aromatic heterocycles. The maximum absolute atomic E-state index is 5.64. The Morgan fingerprint density at radius 1 is 1.45 bits per heavy atom. The van der Waals surface area contributed by atoms with E-state index < -0.39 is 0 Å². The molecule has 0 atom stereocenters. The summed E-state index contributed by atoms with van der Waals surface area (Å²) < 4.78 is 0. The lowest BCUT2D eigenvalue weighted by atomic mass is 10.2. The molecule has 1 heterocycles. The van der Waals surface area contributed by atoms with Crippen LogP contribution in [0.2, 0.25) is 0 Å². The van der Waals surface area contributed by atoms with E-state index in [1.807, 2.05) is 11.8 Å². The summed E-state index contributed by atoms with van der Waals surface area (Å²) in [5.74, 6) is 1.23. The zero-order valence-electron chi connectivity index (χ0n) is 5.84. The zero-order chi connectivity index (χ0) is 7.68. The summed E-state index contributed by atoms with van der Waals surface area (Å²) in [5, 5.41) is 0. The van der Waals surface area contributed by atoms with Crippen LogP contribution in [0.3, 0.4) is 0 Å². The lowest BCUT2D eigenvalue weighted by Gasteiger charge is -1.98. The third-order valence-corrected chi connectivity index (χ3v) is 3.82. The third-order valence-electron chi connectivity index (χ3n) is 1.76. The van der Waals surface area contributed by atoms with Crippen molar-refractivity contribution >= 4 is 33.4 Å².